The first kappa shape index (κ1) is 11.4. The van der Waals surface area contributed by atoms with Crippen LogP contribution in [0.15, 0.2) is 17.0 Å². The van der Waals surface area contributed by atoms with Crippen LogP contribution in [-0.2, 0) is 0 Å². The Kier molecular flexibility index (Phi) is 5.47. The number of aliphatic hydroxyl groups excluding tert-OH is 1. The van der Waals surface area contributed by atoms with Crippen LogP contribution in [0, 0.1) is 0 Å². The third kappa shape index (κ3) is 4.53. The molecule has 0 atom stereocenters. The Morgan fingerprint density at radius 3 is 2.71 bits per heavy atom. The van der Waals surface area contributed by atoms with Crippen LogP contribution in [0.2, 0.25) is 0 Å². The second-order valence-electron chi connectivity index (χ2n) is 2.81. The molecular formula is C9H13BrN2O2. The van der Waals surface area contributed by atoms with Crippen LogP contribution in [0.4, 0.5) is 0 Å². The summed E-state index contributed by atoms with van der Waals surface area (Å²) < 4.78 is 6.03. The summed E-state index contributed by atoms with van der Waals surface area (Å²) in [7, 11) is 0. The quantitative estimate of drug-likeness (QED) is 0.793. The number of rotatable bonds is 6. The average molecular weight is 261 g/mol. The molecule has 0 aromatic carbocycles. The molecule has 14 heavy (non-hydrogen) atoms. The Balaban J connectivity index is 2.15. The fourth-order valence-electron chi connectivity index (χ4n) is 0.942. The second kappa shape index (κ2) is 6.73. The van der Waals surface area contributed by atoms with E-state index in [1.807, 2.05) is 0 Å². The van der Waals surface area contributed by atoms with Crippen molar-refractivity contribution in [1.82, 2.24) is 9.97 Å². The predicted molar refractivity (Wildman–Crippen MR) is 56.2 cm³/mol. The largest absolute Gasteiger partial charge is 0.477 e. The number of ether oxygens (including phenoxy) is 1. The molecule has 1 aromatic rings. The molecule has 4 nitrogen and oxygen atoms in total. The number of aliphatic hydroxyl groups is 1. The molecular weight excluding hydrogens is 248 g/mol. The minimum atomic E-state index is 0.248. The zero-order valence-electron chi connectivity index (χ0n) is 7.82. The Morgan fingerprint density at radius 1 is 1.21 bits per heavy atom. The van der Waals surface area contributed by atoms with Crippen molar-refractivity contribution in [3.05, 3.63) is 17.0 Å². The first-order chi connectivity index (χ1) is 6.83. The summed E-state index contributed by atoms with van der Waals surface area (Å²) in [6.45, 7) is 0.869. The van der Waals surface area contributed by atoms with Crippen LogP contribution in [0.25, 0.3) is 0 Å². The summed E-state index contributed by atoms with van der Waals surface area (Å²) in [5, 5.41) is 8.54. The van der Waals surface area contributed by atoms with Gasteiger partial charge in [-0.25, -0.2) is 9.97 Å². The van der Waals surface area contributed by atoms with Gasteiger partial charge in [-0.15, -0.1) is 0 Å². The molecule has 0 saturated carbocycles. The molecule has 1 heterocycles. The highest BCUT2D eigenvalue weighted by Crippen LogP contribution is 2.08. The third-order valence-corrected chi connectivity index (χ3v) is 2.06. The van der Waals surface area contributed by atoms with E-state index < -0.39 is 0 Å². The van der Waals surface area contributed by atoms with Gasteiger partial charge in [0.2, 0.25) is 5.88 Å². The van der Waals surface area contributed by atoms with E-state index in [0.29, 0.717) is 17.1 Å². The van der Waals surface area contributed by atoms with Gasteiger partial charge in [-0.3, -0.25) is 0 Å². The molecule has 1 aromatic heterocycles. The van der Waals surface area contributed by atoms with Gasteiger partial charge in [0.25, 0.3) is 0 Å². The smallest absolute Gasteiger partial charge is 0.232 e. The van der Waals surface area contributed by atoms with Gasteiger partial charge in [0.1, 0.15) is 4.60 Å². The standard InChI is InChI=1S/C9H13BrN2O2/c10-8-6-12-9(7-11-8)14-5-3-1-2-4-13/h6-7,13H,1-5H2. The lowest BCUT2D eigenvalue weighted by atomic mass is 10.2. The van der Waals surface area contributed by atoms with E-state index >= 15 is 0 Å². The average Bonchev–Trinajstić information content (AvgIpc) is 2.21. The summed E-state index contributed by atoms with van der Waals surface area (Å²) in [5.41, 5.74) is 0. The normalized spacial score (nSPS) is 10.1. The Labute approximate surface area is 91.5 Å². The molecule has 0 aliphatic rings. The van der Waals surface area contributed by atoms with E-state index in [-0.39, 0.29) is 6.61 Å². The fourth-order valence-corrected chi connectivity index (χ4v) is 1.15. The lowest BCUT2D eigenvalue weighted by Crippen LogP contribution is -1.99. The number of halogens is 1. The molecule has 1 rings (SSSR count). The van der Waals surface area contributed by atoms with E-state index in [9.17, 15) is 0 Å². The maximum absolute atomic E-state index is 8.54. The number of hydrogen-bond donors (Lipinski definition) is 1. The fraction of sp³-hybridized carbons (Fsp3) is 0.556. The van der Waals surface area contributed by atoms with Crippen LogP contribution in [-0.4, -0.2) is 28.3 Å². The van der Waals surface area contributed by atoms with Crippen LogP contribution in [0.1, 0.15) is 19.3 Å². The second-order valence-corrected chi connectivity index (χ2v) is 3.62. The number of aromatic nitrogens is 2. The summed E-state index contributed by atoms with van der Waals surface area (Å²) in [4.78, 5) is 8.00. The molecule has 0 radical (unpaired) electrons. The molecule has 0 aliphatic heterocycles. The first-order valence-corrected chi connectivity index (χ1v) is 5.33. The highest BCUT2D eigenvalue weighted by Gasteiger charge is 1.95. The van der Waals surface area contributed by atoms with Crippen molar-refractivity contribution in [2.24, 2.45) is 0 Å². The SMILES string of the molecule is OCCCCCOc1cnc(Br)cn1. The lowest BCUT2D eigenvalue weighted by molar-refractivity contribution is 0.262. The molecule has 0 spiro atoms. The van der Waals surface area contributed by atoms with Crippen molar-refractivity contribution in [2.45, 2.75) is 19.3 Å². The lowest BCUT2D eigenvalue weighted by Gasteiger charge is -2.03. The molecule has 0 amide bonds. The van der Waals surface area contributed by atoms with Gasteiger partial charge in [0, 0.05) is 6.61 Å². The molecule has 78 valence electrons. The van der Waals surface area contributed by atoms with Crippen molar-refractivity contribution in [1.29, 1.82) is 0 Å². The van der Waals surface area contributed by atoms with E-state index in [0.717, 1.165) is 19.3 Å². The maximum Gasteiger partial charge on any atom is 0.232 e. The maximum atomic E-state index is 8.54. The van der Waals surface area contributed by atoms with E-state index in [4.69, 9.17) is 9.84 Å². The Hall–Kier alpha value is -0.680. The van der Waals surface area contributed by atoms with Crippen molar-refractivity contribution < 1.29 is 9.84 Å². The van der Waals surface area contributed by atoms with E-state index in [1.54, 1.807) is 12.4 Å². The van der Waals surface area contributed by atoms with Gasteiger partial charge in [-0.1, -0.05) is 0 Å². The van der Waals surface area contributed by atoms with Gasteiger partial charge in [-0.2, -0.15) is 0 Å². The summed E-state index contributed by atoms with van der Waals surface area (Å²) in [6, 6.07) is 0. The minimum Gasteiger partial charge on any atom is -0.477 e. The van der Waals surface area contributed by atoms with Crippen molar-refractivity contribution in [2.75, 3.05) is 13.2 Å². The number of nitrogens with zero attached hydrogens (tertiary/aromatic N) is 2. The monoisotopic (exact) mass is 260 g/mol. The summed E-state index contributed by atoms with van der Waals surface area (Å²) in [5.74, 6) is 0.539. The van der Waals surface area contributed by atoms with Crippen LogP contribution in [0.3, 0.4) is 0 Å². The topological polar surface area (TPSA) is 55.2 Å². The predicted octanol–water partition coefficient (Wildman–Crippen LogP) is 1.78. The van der Waals surface area contributed by atoms with Crippen molar-refractivity contribution in [3.63, 3.8) is 0 Å². The molecule has 1 N–H and O–H groups in total. The zero-order valence-corrected chi connectivity index (χ0v) is 9.40. The van der Waals surface area contributed by atoms with Crippen LogP contribution < -0.4 is 4.74 Å². The van der Waals surface area contributed by atoms with Crippen LogP contribution in [0.5, 0.6) is 5.88 Å². The van der Waals surface area contributed by atoms with Gasteiger partial charge >= 0.3 is 0 Å². The molecule has 0 saturated heterocycles. The van der Waals surface area contributed by atoms with Crippen molar-refractivity contribution in [3.8, 4) is 5.88 Å². The van der Waals surface area contributed by atoms with Gasteiger partial charge in [0.15, 0.2) is 0 Å². The van der Waals surface area contributed by atoms with Crippen LogP contribution >= 0.6 is 15.9 Å². The molecule has 0 fully saturated rings. The van der Waals surface area contributed by atoms with Gasteiger partial charge in [-0.05, 0) is 35.2 Å². The molecule has 0 aliphatic carbocycles. The Morgan fingerprint density at radius 2 is 2.07 bits per heavy atom. The summed E-state index contributed by atoms with van der Waals surface area (Å²) in [6.07, 6.45) is 5.91. The first-order valence-electron chi connectivity index (χ1n) is 4.54. The van der Waals surface area contributed by atoms with E-state index in [1.165, 1.54) is 0 Å². The third-order valence-electron chi connectivity index (χ3n) is 1.65. The molecule has 0 unspecified atom stereocenters. The Bertz CT molecular complexity index is 253. The zero-order chi connectivity index (χ0) is 10.2. The molecule has 0 bridgehead atoms. The minimum absolute atomic E-state index is 0.248. The highest BCUT2D eigenvalue weighted by atomic mass is 79.9. The number of unbranched alkanes of at least 4 members (excludes halogenated alkanes) is 2. The highest BCUT2D eigenvalue weighted by molar-refractivity contribution is 9.10. The van der Waals surface area contributed by atoms with Crippen molar-refractivity contribution >= 4 is 15.9 Å². The van der Waals surface area contributed by atoms with E-state index in [2.05, 4.69) is 25.9 Å². The summed E-state index contributed by atoms with van der Waals surface area (Å²) >= 11 is 3.19. The number of hydrogen-bond acceptors (Lipinski definition) is 4. The molecule has 5 heteroatoms. The van der Waals surface area contributed by atoms with Gasteiger partial charge < -0.3 is 9.84 Å². The van der Waals surface area contributed by atoms with Gasteiger partial charge in [0.05, 0.1) is 19.0 Å².